The highest BCUT2D eigenvalue weighted by atomic mass is 16.4. The van der Waals surface area contributed by atoms with E-state index < -0.39 is 5.97 Å². The number of aryl methyl sites for hydroxylation is 1. The molecule has 0 aliphatic rings. The molecular formula is C31H31N3O4. The molecule has 0 aliphatic heterocycles. The van der Waals surface area contributed by atoms with Crippen molar-refractivity contribution in [3.63, 3.8) is 0 Å². The smallest absolute Gasteiger partial charge is 0.323 e. The third-order valence-corrected chi connectivity index (χ3v) is 6.59. The van der Waals surface area contributed by atoms with Gasteiger partial charge in [-0.25, -0.2) is 4.79 Å². The first kappa shape index (κ1) is 26.4. The molecule has 0 saturated carbocycles. The third kappa shape index (κ3) is 6.56. The second kappa shape index (κ2) is 12.1. The zero-order valence-corrected chi connectivity index (χ0v) is 21.5. The number of carboxylic acid groups (broad SMARTS) is 1. The first-order chi connectivity index (χ1) is 18.3. The molecule has 194 valence electrons. The number of nitrogens with one attached hydrogen (secondary N) is 2. The Morgan fingerprint density at radius 1 is 0.895 bits per heavy atom. The molecule has 0 saturated heterocycles. The monoisotopic (exact) mass is 509 g/mol. The number of amides is 2. The molecule has 3 N–H and O–H groups in total. The molecule has 0 fully saturated rings. The second-order valence-corrected chi connectivity index (χ2v) is 9.27. The topological polar surface area (TPSA) is 100 Å². The van der Waals surface area contributed by atoms with Crippen molar-refractivity contribution in [2.24, 2.45) is 0 Å². The van der Waals surface area contributed by atoms with E-state index in [4.69, 9.17) is 5.11 Å². The van der Waals surface area contributed by atoms with Crippen LogP contribution in [0.5, 0.6) is 0 Å². The fourth-order valence-corrected chi connectivity index (χ4v) is 4.41. The molecule has 0 unspecified atom stereocenters. The van der Waals surface area contributed by atoms with Gasteiger partial charge in [0.25, 0.3) is 5.56 Å². The Morgan fingerprint density at radius 3 is 2.26 bits per heavy atom. The van der Waals surface area contributed by atoms with Gasteiger partial charge in [0, 0.05) is 23.1 Å². The van der Waals surface area contributed by atoms with Crippen molar-refractivity contribution in [2.75, 3.05) is 10.6 Å². The highest BCUT2D eigenvalue weighted by Gasteiger charge is 2.14. The maximum atomic E-state index is 13.2. The van der Waals surface area contributed by atoms with Gasteiger partial charge in [0.2, 0.25) is 0 Å². The van der Waals surface area contributed by atoms with Crippen LogP contribution in [0.3, 0.4) is 0 Å². The SMILES string of the molecule is CC[C@@H](CC(=O)O)c1ccc(Cn2cccc(-c3ccc(NC(=O)Nc4ccccc4C)cc3)c2=O)cc1. The van der Waals surface area contributed by atoms with E-state index in [0.29, 0.717) is 17.8 Å². The van der Waals surface area contributed by atoms with Gasteiger partial charge < -0.3 is 20.3 Å². The molecule has 1 heterocycles. The lowest BCUT2D eigenvalue weighted by Crippen LogP contribution is -2.21. The van der Waals surface area contributed by atoms with Crippen LogP contribution < -0.4 is 16.2 Å². The number of carbonyl (C=O) groups is 2. The Balaban J connectivity index is 1.44. The highest BCUT2D eigenvalue weighted by molar-refractivity contribution is 6.00. The molecule has 4 aromatic rings. The summed E-state index contributed by atoms with van der Waals surface area (Å²) in [5, 5.41) is 14.8. The summed E-state index contributed by atoms with van der Waals surface area (Å²) in [5.41, 5.74) is 5.47. The number of hydrogen-bond acceptors (Lipinski definition) is 3. The summed E-state index contributed by atoms with van der Waals surface area (Å²) in [6.45, 7) is 4.31. The van der Waals surface area contributed by atoms with Crippen LogP contribution in [0.25, 0.3) is 11.1 Å². The van der Waals surface area contributed by atoms with Gasteiger partial charge in [-0.1, -0.05) is 61.5 Å². The Morgan fingerprint density at radius 2 is 1.61 bits per heavy atom. The van der Waals surface area contributed by atoms with Gasteiger partial charge in [-0.3, -0.25) is 9.59 Å². The van der Waals surface area contributed by atoms with E-state index >= 15 is 0 Å². The average molecular weight is 510 g/mol. The van der Waals surface area contributed by atoms with Gasteiger partial charge in [0.05, 0.1) is 13.0 Å². The van der Waals surface area contributed by atoms with Gasteiger partial charge in [-0.2, -0.15) is 0 Å². The summed E-state index contributed by atoms with van der Waals surface area (Å²) in [4.78, 5) is 36.7. The van der Waals surface area contributed by atoms with Gasteiger partial charge in [-0.05, 0) is 71.8 Å². The van der Waals surface area contributed by atoms with Crippen molar-refractivity contribution in [3.05, 3.63) is 118 Å². The number of pyridine rings is 1. The summed E-state index contributed by atoms with van der Waals surface area (Å²) >= 11 is 0. The number of anilines is 2. The second-order valence-electron chi connectivity index (χ2n) is 9.27. The van der Waals surface area contributed by atoms with E-state index in [1.807, 2.05) is 80.6 Å². The quantitative estimate of drug-likeness (QED) is 0.240. The van der Waals surface area contributed by atoms with Gasteiger partial charge in [0.15, 0.2) is 0 Å². The lowest BCUT2D eigenvalue weighted by molar-refractivity contribution is -0.137. The zero-order valence-electron chi connectivity index (χ0n) is 21.5. The maximum Gasteiger partial charge on any atom is 0.323 e. The van der Waals surface area contributed by atoms with Crippen molar-refractivity contribution in [1.82, 2.24) is 4.57 Å². The number of aliphatic carboxylic acids is 1. The summed E-state index contributed by atoms with van der Waals surface area (Å²) in [6, 6.07) is 25.8. The molecule has 4 rings (SSSR count). The standard InChI is InChI=1S/C31H31N3O4/c1-3-23(19-29(35)36)24-12-10-22(11-13-24)20-34-18-6-8-27(30(34)37)25-14-16-26(17-15-25)32-31(38)33-28-9-5-4-7-21(28)2/h4-18,23H,3,19-20H2,1-2H3,(H,35,36)(H2,32,33,38)/t23-/m0/s1. The van der Waals surface area contributed by atoms with Crippen LogP contribution >= 0.6 is 0 Å². The lowest BCUT2D eigenvalue weighted by atomic mass is 9.92. The average Bonchev–Trinajstić information content (AvgIpc) is 2.91. The predicted octanol–water partition coefficient (Wildman–Crippen LogP) is 6.48. The summed E-state index contributed by atoms with van der Waals surface area (Å²) in [5.74, 6) is -0.836. The fraction of sp³-hybridized carbons (Fsp3) is 0.194. The lowest BCUT2D eigenvalue weighted by Gasteiger charge is -2.14. The zero-order chi connectivity index (χ0) is 27.1. The summed E-state index contributed by atoms with van der Waals surface area (Å²) in [7, 11) is 0. The molecule has 7 nitrogen and oxygen atoms in total. The molecule has 38 heavy (non-hydrogen) atoms. The number of urea groups is 1. The van der Waals surface area contributed by atoms with Crippen molar-refractivity contribution in [2.45, 2.75) is 39.2 Å². The van der Waals surface area contributed by atoms with E-state index in [0.717, 1.165) is 34.4 Å². The maximum absolute atomic E-state index is 13.2. The van der Waals surface area contributed by atoms with Gasteiger partial charge >= 0.3 is 12.0 Å². The first-order valence-corrected chi connectivity index (χ1v) is 12.6. The minimum Gasteiger partial charge on any atom is -0.481 e. The van der Waals surface area contributed by atoms with Crippen molar-refractivity contribution in [3.8, 4) is 11.1 Å². The number of nitrogens with zero attached hydrogens (tertiary/aromatic N) is 1. The van der Waals surface area contributed by atoms with E-state index in [9.17, 15) is 14.4 Å². The Hall–Kier alpha value is -4.65. The number of carbonyl (C=O) groups excluding carboxylic acids is 1. The molecule has 0 aliphatic carbocycles. The molecule has 3 aromatic carbocycles. The predicted molar refractivity (Wildman–Crippen MR) is 151 cm³/mol. The molecule has 0 radical (unpaired) electrons. The number of para-hydroxylation sites is 1. The van der Waals surface area contributed by atoms with Crippen LogP contribution in [0.2, 0.25) is 0 Å². The molecule has 0 bridgehead atoms. The Bertz CT molecular complexity index is 1470. The minimum atomic E-state index is -0.807. The number of carboxylic acids is 1. The number of hydrogen-bond donors (Lipinski definition) is 3. The van der Waals surface area contributed by atoms with Crippen LogP contribution in [0.15, 0.2) is 95.9 Å². The van der Waals surface area contributed by atoms with Crippen molar-refractivity contribution < 1.29 is 14.7 Å². The molecule has 2 amide bonds. The summed E-state index contributed by atoms with van der Waals surface area (Å²) in [6.07, 6.45) is 2.60. The van der Waals surface area contributed by atoms with E-state index in [2.05, 4.69) is 10.6 Å². The van der Waals surface area contributed by atoms with E-state index in [-0.39, 0.29) is 23.9 Å². The first-order valence-electron chi connectivity index (χ1n) is 12.6. The van der Waals surface area contributed by atoms with Gasteiger partial charge in [0.1, 0.15) is 0 Å². The van der Waals surface area contributed by atoms with Crippen molar-refractivity contribution >= 4 is 23.4 Å². The van der Waals surface area contributed by atoms with E-state index in [1.54, 1.807) is 29.0 Å². The largest absolute Gasteiger partial charge is 0.481 e. The number of benzene rings is 3. The van der Waals surface area contributed by atoms with Crippen molar-refractivity contribution in [1.29, 1.82) is 0 Å². The number of rotatable bonds is 9. The normalized spacial score (nSPS) is 11.5. The molecule has 7 heteroatoms. The van der Waals surface area contributed by atoms with Crippen LogP contribution in [-0.2, 0) is 11.3 Å². The van der Waals surface area contributed by atoms with Gasteiger partial charge in [-0.15, -0.1) is 0 Å². The summed E-state index contributed by atoms with van der Waals surface area (Å²) < 4.78 is 1.65. The molecular weight excluding hydrogens is 478 g/mol. The Kier molecular flexibility index (Phi) is 8.38. The third-order valence-electron chi connectivity index (χ3n) is 6.59. The van der Waals surface area contributed by atoms with Crippen LogP contribution in [-0.4, -0.2) is 21.7 Å². The number of aromatic nitrogens is 1. The van der Waals surface area contributed by atoms with Crippen LogP contribution in [0, 0.1) is 6.92 Å². The van der Waals surface area contributed by atoms with Crippen LogP contribution in [0.1, 0.15) is 42.4 Å². The van der Waals surface area contributed by atoms with E-state index in [1.165, 1.54) is 0 Å². The minimum absolute atomic E-state index is 0.0291. The fourth-order valence-electron chi connectivity index (χ4n) is 4.41. The Labute approximate surface area is 221 Å². The molecule has 1 aromatic heterocycles. The highest BCUT2D eigenvalue weighted by Crippen LogP contribution is 2.24. The molecule has 0 spiro atoms. The van der Waals surface area contributed by atoms with Crippen LogP contribution in [0.4, 0.5) is 16.2 Å². The molecule has 1 atom stereocenters.